The number of amides is 1. The molecule has 0 radical (unpaired) electrons. The van der Waals surface area contributed by atoms with E-state index in [9.17, 15) is 9.90 Å². The van der Waals surface area contributed by atoms with E-state index in [1.807, 2.05) is 0 Å². The molecule has 1 fully saturated rings. The Morgan fingerprint density at radius 1 is 1.53 bits per heavy atom. The van der Waals surface area contributed by atoms with Crippen molar-refractivity contribution in [3.8, 4) is 0 Å². The van der Waals surface area contributed by atoms with E-state index in [2.05, 4.69) is 26.2 Å². The average molecular weight is 299 g/mol. The lowest BCUT2D eigenvalue weighted by Gasteiger charge is -2.14. The number of nitrogens with one attached hydrogen (secondary N) is 1. The van der Waals surface area contributed by atoms with Gasteiger partial charge in [-0.1, -0.05) is 6.42 Å². The second-order valence-electron chi connectivity index (χ2n) is 4.33. The Morgan fingerprint density at radius 2 is 2.35 bits per heavy atom. The number of carbonyl (C=O) groups is 1. The second-order valence-corrected chi connectivity index (χ2v) is 5.25. The lowest BCUT2D eigenvalue weighted by Crippen LogP contribution is -2.32. The first kappa shape index (κ1) is 12.5. The summed E-state index contributed by atoms with van der Waals surface area (Å²) in [6, 6.07) is 3.46. The third-order valence-corrected chi connectivity index (χ3v) is 3.57. The summed E-state index contributed by atoms with van der Waals surface area (Å²) in [6.45, 7) is 0.526. The molecule has 92 valence electrons. The second kappa shape index (κ2) is 5.60. The van der Waals surface area contributed by atoms with E-state index in [0.717, 1.165) is 23.7 Å². The molecule has 2 unspecified atom stereocenters. The lowest BCUT2D eigenvalue weighted by atomic mass is 10.1. The van der Waals surface area contributed by atoms with Gasteiger partial charge in [-0.05, 0) is 40.9 Å². The molecule has 1 aliphatic carbocycles. The molecule has 2 rings (SSSR count). The molecule has 0 bridgehead atoms. The SMILES string of the molecule is O=C(NCC1CCCC1O)c1ccc(Br)cn1. The van der Waals surface area contributed by atoms with Gasteiger partial charge in [0.05, 0.1) is 6.10 Å². The Balaban J connectivity index is 1.87. The standard InChI is InChI=1S/C12H15BrN2O2/c13-9-4-5-10(14-7-9)12(17)15-6-8-2-1-3-11(8)16/h4-5,7-8,11,16H,1-3,6H2,(H,15,17). The van der Waals surface area contributed by atoms with Gasteiger partial charge in [-0.3, -0.25) is 4.79 Å². The minimum atomic E-state index is -0.270. The predicted octanol–water partition coefficient (Wildman–Crippen LogP) is 1.73. The molecule has 4 nitrogen and oxygen atoms in total. The average Bonchev–Trinajstić information content (AvgIpc) is 2.73. The van der Waals surface area contributed by atoms with Crippen LogP contribution < -0.4 is 5.32 Å². The van der Waals surface area contributed by atoms with Crippen molar-refractivity contribution in [1.82, 2.24) is 10.3 Å². The van der Waals surface area contributed by atoms with Gasteiger partial charge in [-0.2, -0.15) is 0 Å². The largest absolute Gasteiger partial charge is 0.393 e. The Bertz CT molecular complexity index is 394. The Labute approximate surface area is 109 Å². The summed E-state index contributed by atoms with van der Waals surface area (Å²) in [5.41, 5.74) is 0.403. The third-order valence-electron chi connectivity index (χ3n) is 3.10. The molecule has 0 saturated heterocycles. The van der Waals surface area contributed by atoms with Gasteiger partial charge in [0.25, 0.3) is 5.91 Å². The molecule has 0 aromatic carbocycles. The van der Waals surface area contributed by atoms with Gasteiger partial charge < -0.3 is 10.4 Å². The maximum Gasteiger partial charge on any atom is 0.269 e. The number of aliphatic hydroxyl groups is 1. The minimum absolute atomic E-state index is 0.184. The predicted molar refractivity (Wildman–Crippen MR) is 67.6 cm³/mol. The van der Waals surface area contributed by atoms with Crippen LogP contribution in [0.25, 0.3) is 0 Å². The summed E-state index contributed by atoms with van der Waals surface area (Å²) in [5, 5.41) is 12.4. The van der Waals surface area contributed by atoms with Crippen LogP contribution in [0, 0.1) is 5.92 Å². The first-order valence-electron chi connectivity index (χ1n) is 5.74. The van der Waals surface area contributed by atoms with Crippen LogP contribution in [0.2, 0.25) is 0 Å². The van der Waals surface area contributed by atoms with E-state index in [4.69, 9.17) is 0 Å². The van der Waals surface area contributed by atoms with Crippen molar-refractivity contribution in [1.29, 1.82) is 0 Å². The van der Waals surface area contributed by atoms with E-state index in [0.29, 0.717) is 12.2 Å². The Hall–Kier alpha value is -0.940. The van der Waals surface area contributed by atoms with Crippen LogP contribution in [0.1, 0.15) is 29.8 Å². The van der Waals surface area contributed by atoms with Crippen molar-refractivity contribution < 1.29 is 9.90 Å². The summed E-state index contributed by atoms with van der Waals surface area (Å²) in [4.78, 5) is 15.8. The highest BCUT2D eigenvalue weighted by atomic mass is 79.9. The molecule has 2 atom stereocenters. The fourth-order valence-electron chi connectivity index (χ4n) is 2.08. The maximum atomic E-state index is 11.7. The van der Waals surface area contributed by atoms with Crippen LogP contribution >= 0.6 is 15.9 Å². The maximum absolute atomic E-state index is 11.7. The molecule has 5 heteroatoms. The molecule has 1 aliphatic rings. The van der Waals surface area contributed by atoms with Crippen molar-refractivity contribution in [2.45, 2.75) is 25.4 Å². The van der Waals surface area contributed by atoms with Gasteiger partial charge in [0.2, 0.25) is 0 Å². The summed E-state index contributed by atoms with van der Waals surface area (Å²) in [6.07, 6.45) is 4.19. The summed E-state index contributed by atoms with van der Waals surface area (Å²) in [7, 11) is 0. The molecule has 1 aromatic rings. The van der Waals surface area contributed by atoms with E-state index in [-0.39, 0.29) is 17.9 Å². The molecule has 0 aliphatic heterocycles. The third kappa shape index (κ3) is 3.26. The van der Waals surface area contributed by atoms with Crippen LogP contribution in [-0.2, 0) is 0 Å². The number of aromatic nitrogens is 1. The van der Waals surface area contributed by atoms with Gasteiger partial charge in [0, 0.05) is 23.1 Å². The highest BCUT2D eigenvalue weighted by Gasteiger charge is 2.25. The van der Waals surface area contributed by atoms with E-state index >= 15 is 0 Å². The number of aliphatic hydroxyl groups excluding tert-OH is 1. The molecule has 0 spiro atoms. The van der Waals surface area contributed by atoms with Gasteiger partial charge in [-0.25, -0.2) is 4.98 Å². The number of halogens is 1. The van der Waals surface area contributed by atoms with Gasteiger partial charge in [0.1, 0.15) is 5.69 Å². The highest BCUT2D eigenvalue weighted by molar-refractivity contribution is 9.10. The fourth-order valence-corrected chi connectivity index (χ4v) is 2.31. The Morgan fingerprint density at radius 3 is 2.94 bits per heavy atom. The molecular weight excluding hydrogens is 284 g/mol. The fraction of sp³-hybridized carbons (Fsp3) is 0.500. The molecule has 1 amide bonds. The zero-order chi connectivity index (χ0) is 12.3. The van der Waals surface area contributed by atoms with Gasteiger partial charge in [-0.15, -0.1) is 0 Å². The molecular formula is C12H15BrN2O2. The van der Waals surface area contributed by atoms with Crippen LogP contribution in [0.3, 0.4) is 0 Å². The number of hydrogen-bond donors (Lipinski definition) is 2. The minimum Gasteiger partial charge on any atom is -0.393 e. The molecule has 17 heavy (non-hydrogen) atoms. The van der Waals surface area contributed by atoms with E-state index in [1.165, 1.54) is 0 Å². The van der Waals surface area contributed by atoms with Crippen LogP contribution in [-0.4, -0.2) is 28.6 Å². The topological polar surface area (TPSA) is 62.2 Å². The first-order valence-corrected chi connectivity index (χ1v) is 6.54. The van der Waals surface area contributed by atoms with Crippen molar-refractivity contribution in [3.05, 3.63) is 28.5 Å². The molecule has 2 N–H and O–H groups in total. The van der Waals surface area contributed by atoms with Crippen LogP contribution in [0.4, 0.5) is 0 Å². The Kier molecular flexibility index (Phi) is 4.12. The zero-order valence-electron chi connectivity index (χ0n) is 9.40. The van der Waals surface area contributed by atoms with Crippen molar-refractivity contribution in [2.75, 3.05) is 6.54 Å². The molecule has 1 heterocycles. The van der Waals surface area contributed by atoms with Crippen molar-refractivity contribution in [3.63, 3.8) is 0 Å². The lowest BCUT2D eigenvalue weighted by molar-refractivity contribution is 0.0912. The normalized spacial score (nSPS) is 23.6. The van der Waals surface area contributed by atoms with E-state index < -0.39 is 0 Å². The molecule has 1 aromatic heterocycles. The quantitative estimate of drug-likeness (QED) is 0.893. The van der Waals surface area contributed by atoms with Crippen LogP contribution in [0.5, 0.6) is 0 Å². The van der Waals surface area contributed by atoms with Gasteiger partial charge in [0.15, 0.2) is 0 Å². The zero-order valence-corrected chi connectivity index (χ0v) is 11.0. The number of nitrogens with zero attached hydrogens (tertiary/aromatic N) is 1. The molecule has 1 saturated carbocycles. The number of hydrogen-bond acceptors (Lipinski definition) is 3. The van der Waals surface area contributed by atoms with Gasteiger partial charge >= 0.3 is 0 Å². The van der Waals surface area contributed by atoms with Crippen LogP contribution in [0.15, 0.2) is 22.8 Å². The highest BCUT2D eigenvalue weighted by Crippen LogP contribution is 2.24. The van der Waals surface area contributed by atoms with E-state index in [1.54, 1.807) is 18.3 Å². The smallest absolute Gasteiger partial charge is 0.269 e. The first-order chi connectivity index (χ1) is 8.16. The summed E-state index contributed by atoms with van der Waals surface area (Å²) in [5.74, 6) is 0.00555. The number of rotatable bonds is 3. The monoisotopic (exact) mass is 298 g/mol. The van der Waals surface area contributed by atoms with Crippen molar-refractivity contribution >= 4 is 21.8 Å². The number of carbonyl (C=O) groups excluding carboxylic acids is 1. The summed E-state index contributed by atoms with van der Waals surface area (Å²) < 4.78 is 0.847. The van der Waals surface area contributed by atoms with Crippen molar-refractivity contribution in [2.24, 2.45) is 5.92 Å². The number of pyridine rings is 1. The summed E-state index contributed by atoms with van der Waals surface area (Å²) >= 11 is 3.27.